The molecule has 0 atom stereocenters. The molecule has 1 N–H and O–H groups in total. The van der Waals surface area contributed by atoms with Crippen molar-refractivity contribution in [3.8, 4) is 11.3 Å². The minimum absolute atomic E-state index is 0.00141. The van der Waals surface area contributed by atoms with Crippen LogP contribution in [0.3, 0.4) is 0 Å². The number of carbonyl (C=O) groups excluding carboxylic acids is 1. The van der Waals surface area contributed by atoms with Gasteiger partial charge >= 0.3 is 6.18 Å². The molecule has 0 aliphatic heterocycles. The summed E-state index contributed by atoms with van der Waals surface area (Å²) in [5.74, 6) is -0.637. The Hall–Kier alpha value is -3.09. The number of benzene rings is 2. The Labute approximate surface area is 152 Å². The fraction of sp³-hybridized carbons (Fsp3) is 0.150. The van der Waals surface area contributed by atoms with E-state index in [1.807, 2.05) is 0 Å². The Morgan fingerprint density at radius 1 is 1.00 bits per heavy atom. The number of halogens is 4. The summed E-state index contributed by atoms with van der Waals surface area (Å²) in [7, 11) is 0. The maximum Gasteiger partial charge on any atom is 0.416 e. The van der Waals surface area contributed by atoms with Crippen LogP contribution in [0.4, 0.5) is 17.6 Å². The highest BCUT2D eigenvalue weighted by molar-refractivity contribution is 5.92. The van der Waals surface area contributed by atoms with Gasteiger partial charge in [0.1, 0.15) is 11.6 Å². The highest BCUT2D eigenvalue weighted by atomic mass is 19.4. The number of amides is 1. The molecule has 0 saturated heterocycles. The first kappa shape index (κ1) is 18.7. The molecule has 0 fully saturated rings. The van der Waals surface area contributed by atoms with Gasteiger partial charge in [-0.15, -0.1) is 0 Å². The molecular weight excluding hydrogens is 362 g/mol. The van der Waals surface area contributed by atoms with Crippen LogP contribution in [0, 0.1) is 5.82 Å². The van der Waals surface area contributed by atoms with Gasteiger partial charge in [0, 0.05) is 12.1 Å². The zero-order valence-corrected chi connectivity index (χ0v) is 14.0. The van der Waals surface area contributed by atoms with E-state index in [0.29, 0.717) is 13.0 Å². The van der Waals surface area contributed by atoms with Gasteiger partial charge in [0.15, 0.2) is 5.76 Å². The number of rotatable bonds is 5. The van der Waals surface area contributed by atoms with Gasteiger partial charge in [-0.25, -0.2) is 4.39 Å². The van der Waals surface area contributed by atoms with Crippen molar-refractivity contribution in [3.05, 3.63) is 83.4 Å². The van der Waals surface area contributed by atoms with E-state index in [4.69, 9.17) is 4.42 Å². The number of alkyl halides is 3. The van der Waals surface area contributed by atoms with Crippen molar-refractivity contribution in [2.75, 3.05) is 6.54 Å². The lowest BCUT2D eigenvalue weighted by Crippen LogP contribution is -2.25. The lowest BCUT2D eigenvalue weighted by molar-refractivity contribution is -0.137. The lowest BCUT2D eigenvalue weighted by Gasteiger charge is -2.07. The molecule has 0 radical (unpaired) electrons. The van der Waals surface area contributed by atoms with Crippen LogP contribution in [0.25, 0.3) is 11.3 Å². The third-order valence-corrected chi connectivity index (χ3v) is 3.92. The van der Waals surface area contributed by atoms with Crippen LogP contribution in [0.15, 0.2) is 65.1 Å². The molecule has 1 aromatic heterocycles. The van der Waals surface area contributed by atoms with Crippen LogP contribution >= 0.6 is 0 Å². The molecule has 0 aliphatic rings. The van der Waals surface area contributed by atoms with Crippen molar-refractivity contribution >= 4 is 5.91 Å². The second-order valence-electron chi connectivity index (χ2n) is 5.87. The highest BCUT2D eigenvalue weighted by Crippen LogP contribution is 2.32. The van der Waals surface area contributed by atoms with Gasteiger partial charge in [0.25, 0.3) is 5.91 Å². The Kier molecular flexibility index (Phi) is 5.30. The summed E-state index contributed by atoms with van der Waals surface area (Å²) < 4.78 is 56.6. The first-order valence-corrected chi connectivity index (χ1v) is 8.13. The molecular formula is C20H15F4NO2. The van der Waals surface area contributed by atoms with Gasteiger partial charge in [-0.1, -0.05) is 24.3 Å². The minimum atomic E-state index is -4.46. The van der Waals surface area contributed by atoms with Crippen LogP contribution < -0.4 is 5.32 Å². The Morgan fingerprint density at radius 3 is 2.44 bits per heavy atom. The SMILES string of the molecule is O=C(NCCc1ccc(F)cc1)c1ccc(-c2cccc(C(F)(F)F)c2)o1. The van der Waals surface area contributed by atoms with Crippen molar-refractivity contribution in [1.82, 2.24) is 5.32 Å². The van der Waals surface area contributed by atoms with Gasteiger partial charge in [0.2, 0.25) is 0 Å². The fourth-order valence-electron chi connectivity index (χ4n) is 2.52. The number of nitrogens with one attached hydrogen (secondary N) is 1. The van der Waals surface area contributed by atoms with Gasteiger partial charge in [-0.05, 0) is 48.4 Å². The van der Waals surface area contributed by atoms with Crippen molar-refractivity contribution in [2.45, 2.75) is 12.6 Å². The largest absolute Gasteiger partial charge is 0.451 e. The molecule has 2 aromatic carbocycles. The molecule has 3 nitrogen and oxygen atoms in total. The smallest absolute Gasteiger partial charge is 0.416 e. The van der Waals surface area contributed by atoms with E-state index in [2.05, 4.69) is 5.32 Å². The van der Waals surface area contributed by atoms with Crippen LogP contribution in [0.5, 0.6) is 0 Å². The second-order valence-corrected chi connectivity index (χ2v) is 5.87. The predicted molar refractivity (Wildman–Crippen MR) is 91.6 cm³/mol. The van der Waals surface area contributed by atoms with Gasteiger partial charge < -0.3 is 9.73 Å². The topological polar surface area (TPSA) is 42.2 Å². The van der Waals surface area contributed by atoms with Crippen molar-refractivity contribution in [2.24, 2.45) is 0 Å². The van der Waals surface area contributed by atoms with Crippen LogP contribution in [0.1, 0.15) is 21.7 Å². The predicted octanol–water partition coefficient (Wildman–Crippen LogP) is 5.08. The highest BCUT2D eigenvalue weighted by Gasteiger charge is 2.30. The third kappa shape index (κ3) is 4.75. The monoisotopic (exact) mass is 377 g/mol. The van der Waals surface area contributed by atoms with Crippen LogP contribution in [-0.4, -0.2) is 12.5 Å². The van der Waals surface area contributed by atoms with Crippen molar-refractivity contribution < 1.29 is 26.8 Å². The number of carbonyl (C=O) groups is 1. The number of hydrogen-bond donors (Lipinski definition) is 1. The zero-order valence-electron chi connectivity index (χ0n) is 14.0. The standard InChI is InChI=1S/C20H15F4NO2/c21-16-6-4-13(5-7-16)10-11-25-19(26)18-9-8-17(27-18)14-2-1-3-15(12-14)20(22,23)24/h1-9,12H,10-11H2,(H,25,26). The Balaban J connectivity index is 1.63. The summed E-state index contributed by atoms with van der Waals surface area (Å²) in [5.41, 5.74) is 0.303. The van der Waals surface area contributed by atoms with E-state index >= 15 is 0 Å². The van der Waals surface area contributed by atoms with Gasteiger partial charge in [0.05, 0.1) is 5.56 Å². The summed E-state index contributed by atoms with van der Waals surface area (Å²) >= 11 is 0. The molecule has 0 bridgehead atoms. The second kappa shape index (κ2) is 7.65. The normalized spacial score (nSPS) is 11.4. The summed E-state index contributed by atoms with van der Waals surface area (Å²) in [4.78, 5) is 12.1. The molecule has 3 rings (SSSR count). The molecule has 0 spiro atoms. The average Bonchev–Trinajstić information content (AvgIpc) is 3.13. The molecule has 0 aliphatic carbocycles. The quantitative estimate of drug-likeness (QED) is 0.631. The van der Waals surface area contributed by atoms with Crippen molar-refractivity contribution in [1.29, 1.82) is 0 Å². The fourth-order valence-corrected chi connectivity index (χ4v) is 2.52. The molecule has 7 heteroatoms. The third-order valence-electron chi connectivity index (χ3n) is 3.92. The number of hydrogen-bond acceptors (Lipinski definition) is 2. The van der Waals surface area contributed by atoms with E-state index in [0.717, 1.165) is 17.7 Å². The molecule has 27 heavy (non-hydrogen) atoms. The molecule has 3 aromatic rings. The summed E-state index contributed by atoms with van der Waals surface area (Å²) in [6, 6.07) is 13.5. The first-order chi connectivity index (χ1) is 12.8. The van der Waals surface area contributed by atoms with E-state index in [-0.39, 0.29) is 22.9 Å². The molecule has 1 amide bonds. The van der Waals surface area contributed by atoms with E-state index < -0.39 is 17.6 Å². The molecule has 1 heterocycles. The van der Waals surface area contributed by atoms with E-state index in [9.17, 15) is 22.4 Å². The van der Waals surface area contributed by atoms with Gasteiger partial charge in [-0.2, -0.15) is 13.2 Å². The maximum absolute atomic E-state index is 12.8. The molecule has 0 unspecified atom stereocenters. The summed E-state index contributed by atoms with van der Waals surface area (Å²) in [6.45, 7) is 0.310. The van der Waals surface area contributed by atoms with Crippen molar-refractivity contribution in [3.63, 3.8) is 0 Å². The summed E-state index contributed by atoms with van der Waals surface area (Å²) in [6.07, 6.45) is -3.95. The molecule has 0 saturated carbocycles. The van der Waals surface area contributed by atoms with E-state index in [1.54, 1.807) is 12.1 Å². The Morgan fingerprint density at radius 2 is 1.74 bits per heavy atom. The summed E-state index contributed by atoms with van der Waals surface area (Å²) in [5, 5.41) is 2.66. The minimum Gasteiger partial charge on any atom is -0.451 e. The van der Waals surface area contributed by atoms with Crippen LogP contribution in [0.2, 0.25) is 0 Å². The Bertz CT molecular complexity index is 930. The molecule has 140 valence electrons. The zero-order chi connectivity index (χ0) is 19.4. The van der Waals surface area contributed by atoms with E-state index in [1.165, 1.54) is 36.4 Å². The maximum atomic E-state index is 12.8. The lowest BCUT2D eigenvalue weighted by atomic mass is 10.1. The average molecular weight is 377 g/mol. The first-order valence-electron chi connectivity index (χ1n) is 8.13. The van der Waals surface area contributed by atoms with Gasteiger partial charge in [-0.3, -0.25) is 4.79 Å². The van der Waals surface area contributed by atoms with Crippen LogP contribution in [-0.2, 0) is 12.6 Å². The number of furan rings is 1.